The average Bonchev–Trinajstić information content (AvgIpc) is 2.62. The molecule has 0 spiro atoms. The van der Waals surface area contributed by atoms with Gasteiger partial charge in [0.15, 0.2) is 5.43 Å². The maximum atomic E-state index is 14.6. The Hall–Kier alpha value is -0.235. The zero-order valence-corrected chi connectivity index (χ0v) is 20.9. The van der Waals surface area contributed by atoms with Crippen molar-refractivity contribution in [3.8, 4) is 5.75 Å². The van der Waals surface area contributed by atoms with Crippen molar-refractivity contribution in [2.24, 2.45) is 0 Å². The second-order valence-corrected chi connectivity index (χ2v) is 7.03. The Bertz CT molecular complexity index is 812. The number of pyridine rings is 1. The average molecular weight is 431 g/mol. The van der Waals surface area contributed by atoms with Gasteiger partial charge in [-0.05, 0) is 43.6 Å². The summed E-state index contributed by atoms with van der Waals surface area (Å²) in [7, 11) is 0. The molecule has 0 saturated heterocycles. The van der Waals surface area contributed by atoms with Gasteiger partial charge in [0, 0.05) is 23.7 Å². The van der Waals surface area contributed by atoms with Crippen LogP contribution >= 0.6 is 0 Å². The first-order chi connectivity index (χ1) is 12.0. The summed E-state index contributed by atoms with van der Waals surface area (Å²) in [6, 6.07) is 3.32. The number of nitrogens with one attached hydrogen (secondary N) is 1. The van der Waals surface area contributed by atoms with Crippen LogP contribution in [0.3, 0.4) is 0 Å². The third-order valence-electron chi connectivity index (χ3n) is 5.39. The first-order valence-corrected chi connectivity index (χ1v) is 9.37. The molecule has 1 N–H and O–H groups in total. The van der Waals surface area contributed by atoms with E-state index in [4.69, 9.17) is 0 Å². The van der Waals surface area contributed by atoms with E-state index < -0.39 is 17.0 Å². The maximum absolute atomic E-state index is 14.6. The van der Waals surface area contributed by atoms with Crippen molar-refractivity contribution in [3.63, 3.8) is 0 Å². The molecule has 1 fully saturated rings. The summed E-state index contributed by atoms with van der Waals surface area (Å²) in [5, 5.41) is 15.5. The van der Waals surface area contributed by atoms with E-state index in [0.717, 1.165) is 38.5 Å². The van der Waals surface area contributed by atoms with E-state index in [1.54, 1.807) is 6.07 Å². The Labute approximate surface area is 203 Å². The summed E-state index contributed by atoms with van der Waals surface area (Å²) >= 11 is 0. The molecule has 1 saturated carbocycles. The second kappa shape index (κ2) is 9.81. The zero-order valence-electron chi connectivity index (χ0n) is 16.0. The third-order valence-corrected chi connectivity index (χ3v) is 5.39. The van der Waals surface area contributed by atoms with E-state index in [1.807, 2.05) is 18.4 Å². The summed E-state index contributed by atoms with van der Waals surface area (Å²) in [6.07, 6.45) is 8.69. The molecule has 4 nitrogen and oxygen atoms in total. The number of hydrogen-bond acceptors (Lipinski definition) is 3. The minimum atomic E-state index is -0.625. The van der Waals surface area contributed by atoms with Crippen LogP contribution in [0.1, 0.15) is 64.8 Å². The summed E-state index contributed by atoms with van der Waals surface area (Å²) < 4.78 is 16.4. The van der Waals surface area contributed by atoms with Gasteiger partial charge in [-0.25, -0.2) is 4.39 Å². The summed E-state index contributed by atoms with van der Waals surface area (Å²) in [5.74, 6) is -1.04. The zero-order chi connectivity index (χ0) is 18.0. The van der Waals surface area contributed by atoms with Gasteiger partial charge in [-0.3, -0.25) is 4.79 Å². The molecule has 6 heteroatoms. The van der Waals surface area contributed by atoms with Gasteiger partial charge in [0.05, 0.1) is 11.2 Å². The van der Waals surface area contributed by atoms with Crippen LogP contribution in [0.4, 0.5) is 10.1 Å². The number of nitrogens with zero attached hydrogens (tertiary/aromatic N) is 1. The van der Waals surface area contributed by atoms with E-state index in [0.29, 0.717) is 11.2 Å². The number of fused-ring (bicyclic) bond motifs is 1. The van der Waals surface area contributed by atoms with Crippen molar-refractivity contribution in [2.75, 3.05) is 5.32 Å². The van der Waals surface area contributed by atoms with Crippen molar-refractivity contribution < 1.29 is 67.7 Å². The monoisotopic (exact) mass is 430 g/mol. The molecule has 0 bridgehead atoms. The minimum Gasteiger partial charge on any atom is -0.869 e. The summed E-state index contributed by atoms with van der Waals surface area (Å²) in [4.78, 5) is 12.2. The van der Waals surface area contributed by atoms with E-state index >= 15 is 0 Å². The van der Waals surface area contributed by atoms with Gasteiger partial charge in [0.2, 0.25) is 0 Å². The fourth-order valence-corrected chi connectivity index (χ4v) is 3.91. The Morgan fingerprint density at radius 3 is 2.50 bits per heavy atom. The predicted octanol–water partition coefficient (Wildman–Crippen LogP) is 1.32. The molecule has 0 radical (unpaired) electrons. The van der Waals surface area contributed by atoms with Crippen LogP contribution in [-0.4, -0.2) is 10.6 Å². The molecule has 0 amide bonds. The molecule has 0 aliphatic heterocycles. The number of rotatable bonds is 5. The number of hydrogen-bond donors (Lipinski definition) is 1. The van der Waals surface area contributed by atoms with Crippen molar-refractivity contribution in [1.29, 1.82) is 0 Å². The molecule has 0 atom stereocenters. The fraction of sp³-hybridized carbons (Fsp3) is 0.550. The van der Waals surface area contributed by atoms with Gasteiger partial charge in [0.1, 0.15) is 5.82 Å². The molecule has 1 aromatic carbocycles. The van der Waals surface area contributed by atoms with Crippen LogP contribution in [0.2, 0.25) is 0 Å². The van der Waals surface area contributed by atoms with Gasteiger partial charge in [0.25, 0.3) is 0 Å². The van der Waals surface area contributed by atoms with Crippen molar-refractivity contribution >= 4 is 16.6 Å². The standard InChI is InChI=1S/C20H27FN2O2.Rb/c1-3-14(4-2)23-12-19(24)20(25)15-10-16(21)17(11-18(15)23)22-13-8-6-5-7-9-13;/h10-14,22,24H,3-9H2,1-2H3;/q;+1/p-1. The van der Waals surface area contributed by atoms with Crippen LogP contribution in [0.15, 0.2) is 23.1 Å². The minimum absolute atomic E-state index is 0. The smallest absolute Gasteiger partial charge is 0.869 e. The predicted molar refractivity (Wildman–Crippen MR) is 97.7 cm³/mol. The molecule has 2 aromatic rings. The molecule has 1 aliphatic rings. The van der Waals surface area contributed by atoms with Crippen LogP contribution < -0.4 is 74.0 Å². The number of aromatic nitrogens is 1. The molecule has 0 unspecified atom stereocenters. The molecule has 1 aliphatic carbocycles. The fourth-order valence-electron chi connectivity index (χ4n) is 3.91. The van der Waals surface area contributed by atoms with Crippen LogP contribution in [-0.2, 0) is 0 Å². The normalized spacial score (nSPS) is 15.2. The molecule has 136 valence electrons. The van der Waals surface area contributed by atoms with Gasteiger partial charge < -0.3 is 15.0 Å². The maximum Gasteiger partial charge on any atom is 1.00 e. The summed E-state index contributed by atoms with van der Waals surface area (Å²) in [5.41, 5.74) is 0.440. The van der Waals surface area contributed by atoms with Crippen molar-refractivity contribution in [2.45, 2.75) is 70.9 Å². The van der Waals surface area contributed by atoms with Crippen LogP contribution in [0.25, 0.3) is 10.9 Å². The molecular weight excluding hydrogens is 405 g/mol. The van der Waals surface area contributed by atoms with E-state index in [9.17, 15) is 14.3 Å². The second-order valence-electron chi connectivity index (χ2n) is 7.03. The molecule has 3 rings (SSSR count). The van der Waals surface area contributed by atoms with Crippen LogP contribution in [0, 0.1) is 5.82 Å². The van der Waals surface area contributed by atoms with E-state index in [-0.39, 0.29) is 75.7 Å². The quantitative estimate of drug-likeness (QED) is 0.778. The van der Waals surface area contributed by atoms with Crippen molar-refractivity contribution in [3.05, 3.63) is 34.4 Å². The topological polar surface area (TPSA) is 57.1 Å². The van der Waals surface area contributed by atoms with Gasteiger partial charge in [-0.15, -0.1) is 0 Å². The van der Waals surface area contributed by atoms with E-state index in [1.165, 1.54) is 18.7 Å². The Balaban J connectivity index is 0.00000243. The van der Waals surface area contributed by atoms with Crippen molar-refractivity contribution in [1.82, 2.24) is 4.57 Å². The first-order valence-electron chi connectivity index (χ1n) is 9.37. The summed E-state index contributed by atoms with van der Waals surface area (Å²) in [6.45, 7) is 4.10. The molecule has 1 heterocycles. The van der Waals surface area contributed by atoms with Gasteiger partial charge >= 0.3 is 58.2 Å². The Morgan fingerprint density at radius 1 is 1.23 bits per heavy atom. The molecular formula is C20H26FN2O2Rb. The first kappa shape index (κ1) is 22.1. The van der Waals surface area contributed by atoms with E-state index in [2.05, 4.69) is 5.32 Å². The Morgan fingerprint density at radius 2 is 1.88 bits per heavy atom. The van der Waals surface area contributed by atoms with Crippen LogP contribution in [0.5, 0.6) is 5.75 Å². The van der Waals surface area contributed by atoms with Gasteiger partial charge in [-0.1, -0.05) is 33.1 Å². The number of benzene rings is 1. The molecule has 26 heavy (non-hydrogen) atoms. The third kappa shape index (κ3) is 4.60. The number of anilines is 1. The van der Waals surface area contributed by atoms with Gasteiger partial charge in [-0.2, -0.15) is 0 Å². The largest absolute Gasteiger partial charge is 1.00 e. The Kier molecular flexibility index (Phi) is 8.32. The number of halogens is 1. The SMILES string of the molecule is CCC(CC)n1cc([O-])c(=O)c2cc(F)c(NC3CCCCC3)cc21.[Rb+]. The molecule has 1 aromatic heterocycles.